The molecular weight excluding hydrogens is 208 g/mol. The predicted molar refractivity (Wildman–Crippen MR) is 60.7 cm³/mol. The number of halogens is 2. The summed E-state index contributed by atoms with van der Waals surface area (Å²) in [7, 11) is 0. The smallest absolute Gasteiger partial charge is 0.132 e. The van der Waals surface area contributed by atoms with Gasteiger partial charge < -0.3 is 5.32 Å². The molecule has 1 heterocycles. The van der Waals surface area contributed by atoms with Crippen LogP contribution in [0.25, 0.3) is 0 Å². The molecule has 88 valence electrons. The van der Waals surface area contributed by atoms with Crippen LogP contribution in [0.4, 0.5) is 8.78 Å². The summed E-state index contributed by atoms with van der Waals surface area (Å²) in [5.41, 5.74) is 1.40. The zero-order valence-electron chi connectivity index (χ0n) is 9.74. The maximum Gasteiger partial charge on any atom is 0.132 e. The molecular formula is C13H17F2N. The Kier molecular flexibility index (Phi) is 3.24. The Balaban J connectivity index is 2.45. The predicted octanol–water partition coefficient (Wildman–Crippen LogP) is 3.05. The lowest BCUT2D eigenvalue weighted by Crippen LogP contribution is -2.27. The molecule has 0 bridgehead atoms. The molecule has 0 saturated carbocycles. The van der Waals surface area contributed by atoms with E-state index in [1.54, 1.807) is 19.9 Å². The second-order valence-corrected chi connectivity index (χ2v) is 4.58. The number of benzene rings is 1. The molecule has 0 radical (unpaired) electrons. The molecule has 16 heavy (non-hydrogen) atoms. The van der Waals surface area contributed by atoms with Crippen LogP contribution in [0.3, 0.4) is 0 Å². The molecule has 3 heteroatoms. The van der Waals surface area contributed by atoms with Gasteiger partial charge in [0.25, 0.3) is 0 Å². The standard InChI is InChI=1S/C13H17F2N/c1-8-7-9(2)13(15)11(12(8)14)10-3-5-16-6-4-10/h7,10,16H,3-6H2,1-2H3. The third kappa shape index (κ3) is 1.96. The molecule has 2 rings (SSSR count). The van der Waals surface area contributed by atoms with Gasteiger partial charge in [0, 0.05) is 5.56 Å². The van der Waals surface area contributed by atoms with Gasteiger partial charge in [0.05, 0.1) is 0 Å². The van der Waals surface area contributed by atoms with E-state index in [0.717, 1.165) is 25.9 Å². The minimum absolute atomic E-state index is 0.0276. The van der Waals surface area contributed by atoms with Crippen molar-refractivity contribution in [2.45, 2.75) is 32.6 Å². The first-order chi connectivity index (χ1) is 7.61. The molecule has 1 fully saturated rings. The fraction of sp³-hybridized carbons (Fsp3) is 0.538. The van der Waals surface area contributed by atoms with E-state index in [2.05, 4.69) is 5.32 Å². The highest BCUT2D eigenvalue weighted by atomic mass is 19.1. The van der Waals surface area contributed by atoms with Crippen molar-refractivity contribution in [3.8, 4) is 0 Å². The van der Waals surface area contributed by atoms with Crippen molar-refractivity contribution in [1.82, 2.24) is 5.32 Å². The molecule has 1 aromatic carbocycles. The summed E-state index contributed by atoms with van der Waals surface area (Å²) in [5, 5.41) is 3.21. The highest BCUT2D eigenvalue weighted by Crippen LogP contribution is 2.32. The maximum absolute atomic E-state index is 14.0. The van der Waals surface area contributed by atoms with Crippen LogP contribution in [0.2, 0.25) is 0 Å². The molecule has 0 aromatic heterocycles. The zero-order chi connectivity index (χ0) is 11.7. The molecule has 0 spiro atoms. The Bertz CT molecular complexity index is 369. The first-order valence-electron chi connectivity index (χ1n) is 5.77. The molecule has 0 unspecified atom stereocenters. The molecule has 0 aliphatic carbocycles. The molecule has 1 aromatic rings. The Labute approximate surface area is 94.9 Å². The number of nitrogens with one attached hydrogen (secondary N) is 1. The van der Waals surface area contributed by atoms with Crippen molar-refractivity contribution in [2.24, 2.45) is 0 Å². The van der Waals surface area contributed by atoms with E-state index in [0.29, 0.717) is 16.7 Å². The third-order valence-electron chi connectivity index (χ3n) is 3.35. The van der Waals surface area contributed by atoms with Crippen molar-refractivity contribution in [1.29, 1.82) is 0 Å². The lowest BCUT2D eigenvalue weighted by molar-refractivity contribution is 0.424. The SMILES string of the molecule is Cc1cc(C)c(F)c(C2CCNCC2)c1F. The Morgan fingerprint density at radius 3 is 2.06 bits per heavy atom. The van der Waals surface area contributed by atoms with Crippen molar-refractivity contribution < 1.29 is 8.78 Å². The summed E-state index contributed by atoms with van der Waals surface area (Å²) in [6, 6.07) is 1.58. The number of piperidine rings is 1. The van der Waals surface area contributed by atoms with E-state index >= 15 is 0 Å². The first kappa shape index (κ1) is 11.5. The van der Waals surface area contributed by atoms with Crippen LogP contribution in [-0.4, -0.2) is 13.1 Å². The van der Waals surface area contributed by atoms with Gasteiger partial charge in [-0.1, -0.05) is 6.07 Å². The Morgan fingerprint density at radius 1 is 1.06 bits per heavy atom. The lowest BCUT2D eigenvalue weighted by Gasteiger charge is -2.24. The molecule has 1 nitrogen and oxygen atoms in total. The number of hydrogen-bond donors (Lipinski definition) is 1. The van der Waals surface area contributed by atoms with Crippen LogP contribution in [0.15, 0.2) is 6.07 Å². The van der Waals surface area contributed by atoms with E-state index in [1.807, 2.05) is 0 Å². The van der Waals surface area contributed by atoms with E-state index in [1.165, 1.54) is 0 Å². The summed E-state index contributed by atoms with van der Waals surface area (Å²) in [6.07, 6.45) is 1.63. The average Bonchev–Trinajstić information content (AvgIpc) is 2.28. The average molecular weight is 225 g/mol. The molecule has 1 saturated heterocycles. The fourth-order valence-corrected chi connectivity index (χ4v) is 2.44. The Morgan fingerprint density at radius 2 is 1.56 bits per heavy atom. The quantitative estimate of drug-likeness (QED) is 0.774. The summed E-state index contributed by atoms with van der Waals surface area (Å²) >= 11 is 0. The van der Waals surface area contributed by atoms with Crippen LogP contribution in [-0.2, 0) is 0 Å². The maximum atomic E-state index is 14.0. The van der Waals surface area contributed by atoms with Gasteiger partial charge in [-0.3, -0.25) is 0 Å². The van der Waals surface area contributed by atoms with Gasteiger partial charge in [-0.05, 0) is 56.8 Å². The second-order valence-electron chi connectivity index (χ2n) is 4.58. The minimum atomic E-state index is -0.352. The van der Waals surface area contributed by atoms with Gasteiger partial charge >= 0.3 is 0 Å². The molecule has 1 aliphatic rings. The van der Waals surface area contributed by atoms with Crippen LogP contribution >= 0.6 is 0 Å². The van der Waals surface area contributed by atoms with Crippen LogP contribution in [0, 0.1) is 25.5 Å². The highest BCUT2D eigenvalue weighted by Gasteiger charge is 2.24. The largest absolute Gasteiger partial charge is 0.317 e. The molecule has 0 amide bonds. The Hall–Kier alpha value is -0.960. The monoisotopic (exact) mass is 225 g/mol. The van der Waals surface area contributed by atoms with Gasteiger partial charge in [0.1, 0.15) is 11.6 Å². The fourth-order valence-electron chi connectivity index (χ4n) is 2.44. The summed E-state index contributed by atoms with van der Waals surface area (Å²) < 4.78 is 27.9. The zero-order valence-corrected chi connectivity index (χ0v) is 9.74. The lowest BCUT2D eigenvalue weighted by atomic mass is 9.87. The van der Waals surface area contributed by atoms with Crippen molar-refractivity contribution in [3.05, 3.63) is 34.4 Å². The third-order valence-corrected chi connectivity index (χ3v) is 3.35. The number of rotatable bonds is 1. The summed E-state index contributed by atoms with van der Waals surface area (Å²) in [6.45, 7) is 5.09. The van der Waals surface area contributed by atoms with Gasteiger partial charge in [0.15, 0.2) is 0 Å². The van der Waals surface area contributed by atoms with E-state index < -0.39 is 0 Å². The van der Waals surface area contributed by atoms with E-state index in [4.69, 9.17) is 0 Å². The topological polar surface area (TPSA) is 12.0 Å². The van der Waals surface area contributed by atoms with Gasteiger partial charge in [-0.2, -0.15) is 0 Å². The highest BCUT2D eigenvalue weighted by molar-refractivity contribution is 5.35. The van der Waals surface area contributed by atoms with Crippen molar-refractivity contribution in [3.63, 3.8) is 0 Å². The van der Waals surface area contributed by atoms with Crippen LogP contribution in [0.1, 0.15) is 35.4 Å². The van der Waals surface area contributed by atoms with E-state index in [9.17, 15) is 8.78 Å². The van der Waals surface area contributed by atoms with Gasteiger partial charge in [0.2, 0.25) is 0 Å². The first-order valence-corrected chi connectivity index (χ1v) is 5.77. The summed E-state index contributed by atoms with van der Waals surface area (Å²) in [5.74, 6) is -0.676. The second kappa shape index (κ2) is 4.50. The van der Waals surface area contributed by atoms with E-state index in [-0.39, 0.29) is 17.6 Å². The molecule has 1 aliphatic heterocycles. The van der Waals surface area contributed by atoms with Crippen molar-refractivity contribution >= 4 is 0 Å². The minimum Gasteiger partial charge on any atom is -0.317 e. The van der Waals surface area contributed by atoms with Gasteiger partial charge in [-0.25, -0.2) is 8.78 Å². The van der Waals surface area contributed by atoms with Gasteiger partial charge in [-0.15, -0.1) is 0 Å². The van der Waals surface area contributed by atoms with Crippen molar-refractivity contribution in [2.75, 3.05) is 13.1 Å². The normalized spacial score (nSPS) is 17.8. The number of hydrogen-bond acceptors (Lipinski definition) is 1. The van der Waals surface area contributed by atoms with Crippen LogP contribution in [0.5, 0.6) is 0 Å². The summed E-state index contributed by atoms with van der Waals surface area (Å²) in [4.78, 5) is 0. The molecule has 0 atom stereocenters. The molecule has 1 N–H and O–H groups in total. The number of aryl methyl sites for hydroxylation is 2. The van der Waals surface area contributed by atoms with Crippen LogP contribution < -0.4 is 5.32 Å².